The summed E-state index contributed by atoms with van der Waals surface area (Å²) in [5.74, 6) is 0.283. The molecule has 1 aliphatic rings. The summed E-state index contributed by atoms with van der Waals surface area (Å²) in [6.07, 6.45) is 7.34. The van der Waals surface area contributed by atoms with E-state index in [2.05, 4.69) is 13.2 Å². The second kappa shape index (κ2) is 7.23. The monoisotopic (exact) mass is 224 g/mol. The fraction of sp³-hybridized carbons (Fsp3) is 0.615. The van der Waals surface area contributed by atoms with Gasteiger partial charge in [0.1, 0.15) is 0 Å². The van der Waals surface area contributed by atoms with Gasteiger partial charge in [-0.1, -0.05) is 38.3 Å². The van der Waals surface area contributed by atoms with E-state index in [-0.39, 0.29) is 12.8 Å². The summed E-state index contributed by atoms with van der Waals surface area (Å²) in [6.45, 7) is 7.64. The highest BCUT2D eigenvalue weighted by atomic mass is 16.7. The highest BCUT2D eigenvalue weighted by Gasteiger charge is 2.19. The molecule has 0 N–H and O–H groups in total. The lowest BCUT2D eigenvalue weighted by Gasteiger charge is -2.10. The molecule has 1 saturated carbocycles. The van der Waals surface area contributed by atoms with Gasteiger partial charge in [0.15, 0.2) is 6.79 Å². The Morgan fingerprint density at radius 2 is 2.06 bits per heavy atom. The van der Waals surface area contributed by atoms with Crippen molar-refractivity contribution in [2.45, 2.75) is 32.1 Å². The first kappa shape index (κ1) is 13.0. The maximum Gasteiger partial charge on any atom is 0.335 e. The Labute approximate surface area is 97.1 Å². The predicted molar refractivity (Wildman–Crippen MR) is 62.8 cm³/mol. The van der Waals surface area contributed by atoms with Crippen LogP contribution in [0.5, 0.6) is 0 Å². The van der Waals surface area contributed by atoms with Crippen molar-refractivity contribution in [3.8, 4) is 0 Å². The molecule has 1 rings (SSSR count). The van der Waals surface area contributed by atoms with Gasteiger partial charge in [-0.3, -0.25) is 0 Å². The molecule has 0 unspecified atom stereocenters. The normalized spacial score (nSPS) is 16.0. The standard InChI is InChI=1S/C13H20O3/c1-3-8-15-10-16-13(14)11(2)9-12-6-4-5-7-12/h3,12H,1-2,4-10H2. The van der Waals surface area contributed by atoms with E-state index in [1.807, 2.05) is 0 Å². The minimum Gasteiger partial charge on any atom is -0.435 e. The molecule has 0 heterocycles. The van der Waals surface area contributed by atoms with E-state index in [9.17, 15) is 4.79 Å². The second-order valence-corrected chi connectivity index (χ2v) is 4.17. The van der Waals surface area contributed by atoms with Crippen LogP contribution < -0.4 is 0 Å². The van der Waals surface area contributed by atoms with Gasteiger partial charge in [-0.25, -0.2) is 4.79 Å². The molecule has 3 nitrogen and oxygen atoms in total. The van der Waals surface area contributed by atoms with E-state index in [0.29, 0.717) is 18.1 Å². The molecule has 3 heteroatoms. The highest BCUT2D eigenvalue weighted by molar-refractivity contribution is 5.87. The number of esters is 1. The molecule has 0 aromatic heterocycles. The Bertz CT molecular complexity index is 252. The molecular formula is C13H20O3. The van der Waals surface area contributed by atoms with Gasteiger partial charge in [-0.2, -0.15) is 0 Å². The molecule has 0 aliphatic heterocycles. The Kier molecular flexibility index (Phi) is 5.86. The van der Waals surface area contributed by atoms with Crippen LogP contribution in [0.15, 0.2) is 24.8 Å². The molecule has 90 valence electrons. The predicted octanol–water partition coefficient (Wildman–Crippen LogP) is 2.83. The minimum absolute atomic E-state index is 0.0193. The summed E-state index contributed by atoms with van der Waals surface area (Å²) in [7, 11) is 0. The number of ether oxygens (including phenoxy) is 2. The maximum absolute atomic E-state index is 11.5. The molecule has 0 spiro atoms. The maximum atomic E-state index is 11.5. The summed E-state index contributed by atoms with van der Waals surface area (Å²) >= 11 is 0. The molecule has 0 aromatic rings. The number of rotatable bonds is 7. The molecule has 1 fully saturated rings. The van der Waals surface area contributed by atoms with Crippen LogP contribution in [-0.2, 0) is 14.3 Å². The lowest BCUT2D eigenvalue weighted by Crippen LogP contribution is -2.12. The van der Waals surface area contributed by atoms with Crippen LogP contribution in [0.1, 0.15) is 32.1 Å². The first-order valence-electron chi connectivity index (χ1n) is 5.77. The fourth-order valence-electron chi connectivity index (χ4n) is 1.97. The average molecular weight is 224 g/mol. The van der Waals surface area contributed by atoms with E-state index in [1.165, 1.54) is 25.7 Å². The Morgan fingerprint density at radius 3 is 2.69 bits per heavy atom. The molecular weight excluding hydrogens is 204 g/mol. The van der Waals surface area contributed by atoms with E-state index >= 15 is 0 Å². The van der Waals surface area contributed by atoms with E-state index in [1.54, 1.807) is 6.08 Å². The zero-order valence-corrected chi connectivity index (χ0v) is 9.74. The van der Waals surface area contributed by atoms with Gasteiger partial charge >= 0.3 is 5.97 Å². The van der Waals surface area contributed by atoms with E-state index < -0.39 is 0 Å². The molecule has 0 atom stereocenters. The van der Waals surface area contributed by atoms with Crippen LogP contribution in [0.25, 0.3) is 0 Å². The quantitative estimate of drug-likeness (QED) is 0.219. The van der Waals surface area contributed by atoms with Crippen molar-refractivity contribution in [1.29, 1.82) is 0 Å². The Hall–Kier alpha value is -1.09. The van der Waals surface area contributed by atoms with Crippen LogP contribution in [-0.4, -0.2) is 19.4 Å². The van der Waals surface area contributed by atoms with Crippen molar-refractivity contribution < 1.29 is 14.3 Å². The number of hydrogen-bond acceptors (Lipinski definition) is 3. The highest BCUT2D eigenvalue weighted by Crippen LogP contribution is 2.29. The van der Waals surface area contributed by atoms with Crippen LogP contribution in [0, 0.1) is 5.92 Å². The Morgan fingerprint density at radius 1 is 1.38 bits per heavy atom. The average Bonchev–Trinajstić information content (AvgIpc) is 2.76. The van der Waals surface area contributed by atoms with Crippen molar-refractivity contribution in [1.82, 2.24) is 0 Å². The van der Waals surface area contributed by atoms with Gasteiger partial charge in [-0.05, 0) is 12.3 Å². The first-order chi connectivity index (χ1) is 7.74. The molecule has 0 bridgehead atoms. The zero-order chi connectivity index (χ0) is 11.8. The van der Waals surface area contributed by atoms with Gasteiger partial charge in [0.25, 0.3) is 0 Å². The summed E-state index contributed by atoms with van der Waals surface area (Å²) in [5, 5.41) is 0. The topological polar surface area (TPSA) is 35.5 Å². The largest absolute Gasteiger partial charge is 0.435 e. The van der Waals surface area contributed by atoms with Crippen molar-refractivity contribution in [2.75, 3.05) is 13.4 Å². The SMILES string of the molecule is C=CCOCOC(=O)C(=C)CC1CCCC1. The molecule has 0 aromatic carbocycles. The number of hydrogen-bond donors (Lipinski definition) is 0. The second-order valence-electron chi connectivity index (χ2n) is 4.17. The number of carbonyl (C=O) groups excluding carboxylic acids is 1. The van der Waals surface area contributed by atoms with Gasteiger partial charge in [-0.15, -0.1) is 6.58 Å². The lowest BCUT2D eigenvalue weighted by atomic mass is 9.99. The van der Waals surface area contributed by atoms with Crippen LogP contribution >= 0.6 is 0 Å². The van der Waals surface area contributed by atoms with Crippen molar-refractivity contribution in [3.63, 3.8) is 0 Å². The Balaban J connectivity index is 2.14. The van der Waals surface area contributed by atoms with E-state index in [0.717, 1.165) is 6.42 Å². The third-order valence-electron chi connectivity index (χ3n) is 2.81. The molecule has 0 saturated heterocycles. The lowest BCUT2D eigenvalue weighted by molar-refractivity contribution is -0.150. The number of carbonyl (C=O) groups is 1. The van der Waals surface area contributed by atoms with Crippen molar-refractivity contribution in [2.24, 2.45) is 5.92 Å². The van der Waals surface area contributed by atoms with Crippen molar-refractivity contribution in [3.05, 3.63) is 24.8 Å². The zero-order valence-electron chi connectivity index (χ0n) is 9.74. The van der Waals surface area contributed by atoms with Crippen molar-refractivity contribution >= 4 is 5.97 Å². The summed E-state index contributed by atoms with van der Waals surface area (Å²) in [4.78, 5) is 11.5. The van der Waals surface area contributed by atoms with Crippen LogP contribution in [0.2, 0.25) is 0 Å². The molecule has 0 radical (unpaired) electrons. The molecule has 0 amide bonds. The van der Waals surface area contributed by atoms with Gasteiger partial charge in [0.05, 0.1) is 6.61 Å². The molecule has 1 aliphatic carbocycles. The smallest absolute Gasteiger partial charge is 0.335 e. The fourth-order valence-corrected chi connectivity index (χ4v) is 1.97. The summed E-state index contributed by atoms with van der Waals surface area (Å²) in [6, 6.07) is 0. The third kappa shape index (κ3) is 4.62. The summed E-state index contributed by atoms with van der Waals surface area (Å²) < 4.78 is 9.88. The minimum atomic E-state index is -0.337. The van der Waals surface area contributed by atoms with Gasteiger partial charge in [0, 0.05) is 5.57 Å². The first-order valence-corrected chi connectivity index (χ1v) is 5.77. The van der Waals surface area contributed by atoms with Gasteiger partial charge < -0.3 is 9.47 Å². The third-order valence-corrected chi connectivity index (χ3v) is 2.81. The van der Waals surface area contributed by atoms with Crippen LogP contribution in [0.3, 0.4) is 0 Å². The van der Waals surface area contributed by atoms with Gasteiger partial charge in [0.2, 0.25) is 0 Å². The van der Waals surface area contributed by atoms with E-state index in [4.69, 9.17) is 9.47 Å². The summed E-state index contributed by atoms with van der Waals surface area (Å²) in [5.41, 5.74) is 0.564. The molecule has 16 heavy (non-hydrogen) atoms. The van der Waals surface area contributed by atoms with Crippen LogP contribution in [0.4, 0.5) is 0 Å².